The van der Waals surface area contributed by atoms with Crippen LogP contribution in [0.15, 0.2) is 0 Å². The van der Waals surface area contributed by atoms with Crippen molar-refractivity contribution in [3.63, 3.8) is 0 Å². The zero-order valence-electron chi connectivity index (χ0n) is 16.8. The summed E-state index contributed by atoms with van der Waals surface area (Å²) < 4.78 is 12.2. The molecule has 7 aliphatic rings. The molecular weight excluding hydrogens is 358 g/mol. The number of hydrogen-bond donors (Lipinski definition) is 0. The molecule has 0 aromatic carbocycles. The van der Waals surface area contributed by atoms with Crippen molar-refractivity contribution in [2.24, 2.45) is 29.6 Å². The summed E-state index contributed by atoms with van der Waals surface area (Å²) in [5, 5.41) is 0. The van der Waals surface area contributed by atoms with Gasteiger partial charge in [-0.2, -0.15) is 9.78 Å². The highest BCUT2D eigenvalue weighted by Gasteiger charge is 2.67. The maximum Gasteiger partial charge on any atom is 0.223 e. The fourth-order valence-electron chi connectivity index (χ4n) is 7.45. The van der Waals surface area contributed by atoms with E-state index in [1.807, 2.05) is 4.90 Å². The van der Waals surface area contributed by atoms with Crippen molar-refractivity contribution < 1.29 is 24.0 Å². The van der Waals surface area contributed by atoms with Crippen LogP contribution in [0.1, 0.15) is 64.2 Å². The first-order chi connectivity index (χ1) is 13.6. The minimum Gasteiger partial charge on any atom is -0.378 e. The summed E-state index contributed by atoms with van der Waals surface area (Å²) in [4.78, 5) is 26.9. The first kappa shape index (κ1) is 18.1. The Labute approximate surface area is 167 Å². The molecule has 4 bridgehead atoms. The Hall–Kier alpha value is -0.690. The lowest BCUT2D eigenvalue weighted by molar-refractivity contribution is -0.390. The van der Waals surface area contributed by atoms with Gasteiger partial charge < -0.3 is 14.4 Å². The first-order valence-corrected chi connectivity index (χ1v) is 11.6. The van der Waals surface area contributed by atoms with Gasteiger partial charge in [0.25, 0.3) is 0 Å². The molecule has 0 unspecified atom stereocenters. The van der Waals surface area contributed by atoms with Crippen molar-refractivity contribution >= 4 is 5.91 Å². The van der Waals surface area contributed by atoms with Crippen LogP contribution in [0.4, 0.5) is 0 Å². The predicted octanol–water partition coefficient (Wildman–Crippen LogP) is 3.25. The van der Waals surface area contributed by atoms with Gasteiger partial charge in [0.2, 0.25) is 17.5 Å². The minimum absolute atomic E-state index is 0.258. The molecule has 1 amide bonds. The van der Waals surface area contributed by atoms with E-state index in [0.29, 0.717) is 37.4 Å². The average molecular weight is 392 g/mol. The number of carbonyl (C=O) groups excluding carboxylic acids is 1. The Kier molecular flexibility index (Phi) is 4.31. The molecule has 28 heavy (non-hydrogen) atoms. The quantitative estimate of drug-likeness (QED) is 0.677. The molecule has 2 spiro atoms. The van der Waals surface area contributed by atoms with Gasteiger partial charge in [-0.1, -0.05) is 0 Å². The van der Waals surface area contributed by atoms with Gasteiger partial charge >= 0.3 is 0 Å². The molecule has 6 heteroatoms. The summed E-state index contributed by atoms with van der Waals surface area (Å²) in [6.07, 6.45) is 10.8. The summed E-state index contributed by atoms with van der Waals surface area (Å²) in [6, 6.07) is 0. The van der Waals surface area contributed by atoms with E-state index in [-0.39, 0.29) is 5.91 Å². The second-order valence-electron chi connectivity index (χ2n) is 10.4. The smallest absolute Gasteiger partial charge is 0.223 e. The summed E-state index contributed by atoms with van der Waals surface area (Å²) in [6.45, 7) is 2.77. The zero-order valence-corrected chi connectivity index (χ0v) is 16.8. The summed E-state index contributed by atoms with van der Waals surface area (Å²) >= 11 is 0. The molecule has 2 atom stereocenters. The van der Waals surface area contributed by atoms with Crippen LogP contribution in [0.2, 0.25) is 0 Å². The van der Waals surface area contributed by atoms with Gasteiger partial charge in [0.15, 0.2) is 0 Å². The molecule has 2 heterocycles. The molecule has 156 valence electrons. The van der Waals surface area contributed by atoms with Gasteiger partial charge in [-0.25, -0.2) is 0 Å². The van der Waals surface area contributed by atoms with Crippen LogP contribution in [0.25, 0.3) is 0 Å². The molecule has 0 aromatic rings. The number of ether oxygens (including phenoxy) is 2. The van der Waals surface area contributed by atoms with Crippen LogP contribution >= 0.6 is 0 Å². The number of morpholine rings is 1. The number of rotatable bonds is 2. The van der Waals surface area contributed by atoms with Crippen molar-refractivity contribution in [3.05, 3.63) is 0 Å². The van der Waals surface area contributed by atoms with Gasteiger partial charge in [0.1, 0.15) is 0 Å². The minimum atomic E-state index is -0.621. The first-order valence-electron chi connectivity index (χ1n) is 11.6. The molecular formula is C22H33NO5. The van der Waals surface area contributed by atoms with Crippen LogP contribution in [0.5, 0.6) is 0 Å². The van der Waals surface area contributed by atoms with Crippen LogP contribution in [0.3, 0.4) is 0 Å². The highest BCUT2D eigenvalue weighted by atomic mass is 17.3. The van der Waals surface area contributed by atoms with Crippen LogP contribution in [-0.4, -0.2) is 48.7 Å². The van der Waals surface area contributed by atoms with Crippen LogP contribution in [0, 0.1) is 29.6 Å². The second kappa shape index (κ2) is 6.66. The topological polar surface area (TPSA) is 57.2 Å². The predicted molar refractivity (Wildman–Crippen MR) is 99.7 cm³/mol. The number of amides is 1. The van der Waals surface area contributed by atoms with E-state index in [4.69, 9.17) is 19.2 Å². The van der Waals surface area contributed by atoms with Gasteiger partial charge in [-0.05, 0) is 62.7 Å². The van der Waals surface area contributed by atoms with Gasteiger partial charge in [-0.3, -0.25) is 4.79 Å². The number of carbonyl (C=O) groups is 1. The summed E-state index contributed by atoms with van der Waals surface area (Å²) in [7, 11) is 0. The maximum absolute atomic E-state index is 12.7. The summed E-state index contributed by atoms with van der Waals surface area (Å²) in [5.41, 5.74) is 0. The molecule has 0 aromatic heterocycles. The molecule has 7 fully saturated rings. The number of nitrogens with zero attached hydrogens (tertiary/aromatic N) is 1. The van der Waals surface area contributed by atoms with E-state index in [0.717, 1.165) is 50.6 Å². The third-order valence-electron chi connectivity index (χ3n) is 8.54. The SMILES string of the molecule is O=C(C[C@@H]1CCC[C@]2(C1)OOC1(O2)C2CC3CC(C2)CC1C3)N1CCOCC1. The fourth-order valence-corrected chi connectivity index (χ4v) is 7.45. The van der Waals surface area contributed by atoms with Crippen LogP contribution < -0.4 is 0 Å². The third kappa shape index (κ3) is 2.86. The standard InChI is InChI=1S/C22H33NO5/c24-20(23-4-6-25-7-5-23)13-15-2-1-3-21(14-15)26-22(28-27-21)18-9-16-8-17(11-18)12-19(22)10-16/h15-19H,1-14H2/t15-,16?,17?,18?,19?,21+,22?/m0/s1. The fraction of sp³-hybridized carbons (Fsp3) is 0.955. The Morgan fingerprint density at radius 1 is 0.964 bits per heavy atom. The van der Waals surface area contributed by atoms with E-state index >= 15 is 0 Å². The Bertz CT molecular complexity index is 604. The molecule has 5 aliphatic carbocycles. The van der Waals surface area contributed by atoms with E-state index in [2.05, 4.69) is 0 Å². The molecule has 5 saturated carbocycles. The highest BCUT2D eigenvalue weighted by molar-refractivity contribution is 5.76. The van der Waals surface area contributed by atoms with Gasteiger partial charge in [0.05, 0.1) is 13.2 Å². The third-order valence-corrected chi connectivity index (χ3v) is 8.54. The Morgan fingerprint density at radius 2 is 1.68 bits per heavy atom. The second-order valence-corrected chi connectivity index (χ2v) is 10.4. The molecule has 2 saturated heterocycles. The van der Waals surface area contributed by atoms with E-state index in [1.54, 1.807) is 0 Å². The molecule has 7 rings (SSSR count). The maximum atomic E-state index is 12.7. The molecule has 6 nitrogen and oxygen atoms in total. The molecule has 0 radical (unpaired) electrons. The molecule has 0 N–H and O–H groups in total. The average Bonchev–Trinajstić information content (AvgIpc) is 3.06. The van der Waals surface area contributed by atoms with E-state index < -0.39 is 11.6 Å². The largest absolute Gasteiger partial charge is 0.378 e. The monoisotopic (exact) mass is 391 g/mol. The normalized spacial score (nSPS) is 50.0. The van der Waals surface area contributed by atoms with Crippen molar-refractivity contribution in [2.75, 3.05) is 26.3 Å². The molecule has 2 aliphatic heterocycles. The van der Waals surface area contributed by atoms with Crippen molar-refractivity contribution in [3.8, 4) is 0 Å². The van der Waals surface area contributed by atoms with Gasteiger partial charge in [-0.15, -0.1) is 0 Å². The number of hydrogen-bond acceptors (Lipinski definition) is 5. The lowest BCUT2D eigenvalue weighted by Gasteiger charge is -2.57. The zero-order chi connectivity index (χ0) is 18.8. The van der Waals surface area contributed by atoms with Crippen molar-refractivity contribution in [1.82, 2.24) is 4.90 Å². The Morgan fingerprint density at radius 3 is 2.39 bits per heavy atom. The summed E-state index contributed by atoms with van der Waals surface area (Å²) in [5.74, 6) is 2.21. The van der Waals surface area contributed by atoms with Gasteiger partial charge in [0, 0.05) is 44.2 Å². The van der Waals surface area contributed by atoms with E-state index in [9.17, 15) is 4.79 Å². The van der Waals surface area contributed by atoms with E-state index in [1.165, 1.54) is 32.1 Å². The lowest BCUT2D eigenvalue weighted by atomic mass is 9.53. The highest BCUT2D eigenvalue weighted by Crippen LogP contribution is 2.64. The lowest BCUT2D eigenvalue weighted by Crippen LogP contribution is -2.59. The van der Waals surface area contributed by atoms with Crippen LogP contribution in [-0.2, 0) is 24.0 Å². The van der Waals surface area contributed by atoms with Crippen molar-refractivity contribution in [1.29, 1.82) is 0 Å². The Balaban J connectivity index is 1.14. The van der Waals surface area contributed by atoms with Crippen molar-refractivity contribution in [2.45, 2.75) is 75.8 Å².